The van der Waals surface area contributed by atoms with Crippen molar-refractivity contribution in [2.75, 3.05) is 11.1 Å². The van der Waals surface area contributed by atoms with Gasteiger partial charge in [0.1, 0.15) is 5.69 Å². The lowest BCUT2D eigenvalue weighted by Crippen LogP contribution is -2.30. The average Bonchev–Trinajstić information content (AvgIpc) is 2.68. The summed E-state index contributed by atoms with van der Waals surface area (Å²) in [6.07, 6.45) is -1.32. The van der Waals surface area contributed by atoms with Crippen LogP contribution < -0.4 is 5.32 Å². The second-order valence-corrected chi connectivity index (χ2v) is 7.96. The molecule has 0 spiro atoms. The molecule has 1 N–H and O–H groups in total. The van der Waals surface area contributed by atoms with E-state index in [0.29, 0.717) is 0 Å². The van der Waals surface area contributed by atoms with Gasteiger partial charge in [-0.05, 0) is 25.1 Å². The van der Waals surface area contributed by atoms with Gasteiger partial charge in [0.15, 0.2) is 15.9 Å². The maximum atomic E-state index is 12.4. The molecule has 0 aliphatic carbocycles. The highest BCUT2D eigenvalue weighted by molar-refractivity contribution is 7.91. The summed E-state index contributed by atoms with van der Waals surface area (Å²) >= 11 is 0. The van der Waals surface area contributed by atoms with Gasteiger partial charge in [0.05, 0.1) is 21.1 Å². The van der Waals surface area contributed by atoms with Crippen molar-refractivity contribution in [3.05, 3.63) is 64.2 Å². The summed E-state index contributed by atoms with van der Waals surface area (Å²) in [5, 5.41) is 13.3. The van der Waals surface area contributed by atoms with Crippen LogP contribution in [0.15, 0.2) is 53.4 Å². The predicted molar refractivity (Wildman–Crippen MR) is 101 cm³/mol. The molecule has 2 rings (SSSR count). The Hall–Kier alpha value is -3.27. The molecule has 2 aromatic carbocycles. The van der Waals surface area contributed by atoms with Crippen molar-refractivity contribution in [2.45, 2.75) is 24.8 Å². The number of sulfone groups is 1. The van der Waals surface area contributed by atoms with Crippen molar-refractivity contribution < 1.29 is 27.7 Å². The van der Waals surface area contributed by atoms with Crippen LogP contribution in [-0.4, -0.2) is 37.1 Å². The maximum Gasteiger partial charge on any atom is 0.340 e. The first-order valence-corrected chi connectivity index (χ1v) is 9.89. The van der Waals surface area contributed by atoms with Crippen LogP contribution >= 0.6 is 0 Å². The van der Waals surface area contributed by atoms with Crippen LogP contribution in [-0.2, 0) is 19.4 Å². The van der Waals surface area contributed by atoms with E-state index < -0.39 is 32.7 Å². The molecule has 0 heterocycles. The summed E-state index contributed by atoms with van der Waals surface area (Å²) in [4.78, 5) is 34.8. The van der Waals surface area contributed by atoms with Gasteiger partial charge in [-0.2, -0.15) is 0 Å². The number of hydrogen-bond donors (Lipinski definition) is 1. The highest BCUT2D eigenvalue weighted by Crippen LogP contribution is 2.24. The summed E-state index contributed by atoms with van der Waals surface area (Å²) in [7, 11) is -3.67. The summed E-state index contributed by atoms with van der Waals surface area (Å²) in [5.74, 6) is -1.98. The number of anilines is 1. The number of benzene rings is 2. The number of nitrogens with one attached hydrogen (secondary N) is 1. The molecular formula is C18H18N2O7S. The number of nitro benzene ring substituents is 1. The molecule has 1 amide bonds. The first kappa shape index (κ1) is 21.0. The largest absolute Gasteiger partial charge is 0.449 e. The fraction of sp³-hybridized carbons (Fsp3) is 0.222. The molecule has 0 aliphatic rings. The normalized spacial score (nSPS) is 12.1. The van der Waals surface area contributed by atoms with Gasteiger partial charge in [0, 0.05) is 6.07 Å². The number of carbonyl (C=O) groups is 2. The van der Waals surface area contributed by atoms with Crippen molar-refractivity contribution in [1.29, 1.82) is 0 Å². The van der Waals surface area contributed by atoms with Crippen molar-refractivity contribution in [1.82, 2.24) is 0 Å². The molecule has 0 bridgehead atoms. The molecule has 0 aromatic heterocycles. The molecule has 0 radical (unpaired) electrons. The Bertz CT molecular complexity index is 1020. The van der Waals surface area contributed by atoms with Crippen LogP contribution in [0.25, 0.3) is 0 Å². The van der Waals surface area contributed by atoms with Crippen molar-refractivity contribution in [3.63, 3.8) is 0 Å². The monoisotopic (exact) mass is 406 g/mol. The molecule has 1 atom stereocenters. The summed E-state index contributed by atoms with van der Waals surface area (Å²) in [6.45, 7) is 2.72. The van der Waals surface area contributed by atoms with E-state index in [1.807, 2.05) is 0 Å². The number of hydrogen-bond acceptors (Lipinski definition) is 7. The lowest BCUT2D eigenvalue weighted by Gasteiger charge is -2.15. The quantitative estimate of drug-likeness (QED) is 0.424. The topological polar surface area (TPSA) is 133 Å². The van der Waals surface area contributed by atoms with E-state index in [-0.39, 0.29) is 27.6 Å². The zero-order valence-electron chi connectivity index (χ0n) is 15.1. The third-order valence-corrected chi connectivity index (χ3v) is 5.62. The molecule has 148 valence electrons. The first-order chi connectivity index (χ1) is 13.2. The summed E-state index contributed by atoms with van der Waals surface area (Å²) < 4.78 is 29.3. The van der Waals surface area contributed by atoms with E-state index in [0.717, 1.165) is 0 Å². The molecule has 0 saturated carbocycles. The van der Waals surface area contributed by atoms with E-state index in [1.54, 1.807) is 0 Å². The van der Waals surface area contributed by atoms with Gasteiger partial charge in [-0.25, -0.2) is 13.2 Å². The second-order valence-electron chi connectivity index (χ2n) is 5.71. The van der Waals surface area contributed by atoms with Gasteiger partial charge in [0.2, 0.25) is 0 Å². The van der Waals surface area contributed by atoms with Gasteiger partial charge >= 0.3 is 5.97 Å². The van der Waals surface area contributed by atoms with E-state index >= 15 is 0 Å². The van der Waals surface area contributed by atoms with E-state index in [2.05, 4.69) is 5.32 Å². The molecule has 0 unspecified atom stereocenters. The fourth-order valence-corrected chi connectivity index (χ4v) is 3.40. The third-order valence-electron chi connectivity index (χ3n) is 3.83. The van der Waals surface area contributed by atoms with Gasteiger partial charge in [-0.15, -0.1) is 0 Å². The molecule has 9 nitrogen and oxygen atoms in total. The number of para-hydroxylation sites is 2. The number of ether oxygens (including phenoxy) is 1. The Morgan fingerprint density at radius 3 is 2.39 bits per heavy atom. The third kappa shape index (κ3) is 4.71. The van der Waals surface area contributed by atoms with E-state index in [9.17, 15) is 28.1 Å². The van der Waals surface area contributed by atoms with Gasteiger partial charge in [0.25, 0.3) is 11.6 Å². The maximum absolute atomic E-state index is 12.4. The van der Waals surface area contributed by atoms with Gasteiger partial charge in [-0.1, -0.05) is 31.2 Å². The molecule has 10 heteroatoms. The molecule has 0 fully saturated rings. The van der Waals surface area contributed by atoms with Crippen LogP contribution in [0.2, 0.25) is 0 Å². The highest BCUT2D eigenvalue weighted by atomic mass is 32.2. The average molecular weight is 406 g/mol. The van der Waals surface area contributed by atoms with Crippen LogP contribution in [0.5, 0.6) is 0 Å². The zero-order valence-corrected chi connectivity index (χ0v) is 15.9. The first-order valence-electron chi connectivity index (χ1n) is 8.24. The Kier molecular flexibility index (Phi) is 6.47. The SMILES string of the molecule is CCS(=O)(=O)c1ccccc1C(=O)O[C@H](C)C(=O)Nc1ccccc1[N+](=O)[O-]. The fourth-order valence-electron chi connectivity index (χ4n) is 2.31. The second kappa shape index (κ2) is 8.61. The summed E-state index contributed by atoms with van der Waals surface area (Å²) in [5.41, 5.74) is -0.544. The Morgan fingerprint density at radius 1 is 1.14 bits per heavy atom. The predicted octanol–water partition coefficient (Wildman–Crippen LogP) is 2.57. The number of carbonyl (C=O) groups excluding carboxylic acids is 2. The van der Waals surface area contributed by atoms with Crippen LogP contribution in [0, 0.1) is 10.1 Å². The van der Waals surface area contributed by atoms with Crippen molar-refractivity contribution in [2.24, 2.45) is 0 Å². The minimum Gasteiger partial charge on any atom is -0.449 e. The minimum atomic E-state index is -3.67. The van der Waals surface area contributed by atoms with E-state index in [4.69, 9.17) is 4.74 Å². The number of nitro groups is 1. The lowest BCUT2D eigenvalue weighted by molar-refractivity contribution is -0.383. The minimum absolute atomic E-state index is 0.0469. The Labute approximate surface area is 161 Å². The van der Waals surface area contributed by atoms with Gasteiger partial charge in [-0.3, -0.25) is 14.9 Å². The molecule has 28 heavy (non-hydrogen) atoms. The standard InChI is InChI=1S/C18H18N2O7S/c1-3-28(25,26)16-11-7-4-8-13(16)18(22)27-12(2)17(21)19-14-9-5-6-10-15(14)20(23)24/h4-12H,3H2,1-2H3,(H,19,21)/t12-/m1/s1. The Morgan fingerprint density at radius 2 is 1.75 bits per heavy atom. The Balaban J connectivity index is 2.18. The van der Waals surface area contributed by atoms with Crippen molar-refractivity contribution >= 4 is 33.1 Å². The molecular weight excluding hydrogens is 388 g/mol. The molecule has 0 saturated heterocycles. The van der Waals surface area contributed by atoms with E-state index in [1.165, 1.54) is 62.4 Å². The zero-order chi connectivity index (χ0) is 20.9. The number of esters is 1. The van der Waals surface area contributed by atoms with Crippen LogP contribution in [0.4, 0.5) is 11.4 Å². The number of rotatable bonds is 7. The van der Waals surface area contributed by atoms with Gasteiger partial charge < -0.3 is 10.1 Å². The number of amides is 1. The lowest BCUT2D eigenvalue weighted by atomic mass is 10.2. The smallest absolute Gasteiger partial charge is 0.340 e. The number of nitrogens with zero attached hydrogens (tertiary/aromatic N) is 1. The molecule has 0 aliphatic heterocycles. The molecule has 2 aromatic rings. The summed E-state index contributed by atoms with van der Waals surface area (Å²) in [6, 6.07) is 11.0. The van der Waals surface area contributed by atoms with Crippen LogP contribution in [0.3, 0.4) is 0 Å². The van der Waals surface area contributed by atoms with Crippen LogP contribution in [0.1, 0.15) is 24.2 Å². The highest BCUT2D eigenvalue weighted by Gasteiger charge is 2.26. The van der Waals surface area contributed by atoms with Crippen molar-refractivity contribution in [3.8, 4) is 0 Å².